The van der Waals surface area contributed by atoms with E-state index in [0.29, 0.717) is 38.6 Å². The number of aliphatic hydroxyl groups is 1. The molecule has 0 spiro atoms. The fraction of sp³-hybridized carbons (Fsp3) is 0.458. The summed E-state index contributed by atoms with van der Waals surface area (Å²) < 4.78 is 19.2. The third kappa shape index (κ3) is 7.20. The Kier molecular flexibility index (Phi) is 8.37. The zero-order valence-corrected chi connectivity index (χ0v) is 17.7. The van der Waals surface area contributed by atoms with Gasteiger partial charge < -0.3 is 14.7 Å². The fourth-order valence-electron chi connectivity index (χ4n) is 3.50. The normalized spacial score (nSPS) is 17.3. The summed E-state index contributed by atoms with van der Waals surface area (Å²) in [6.07, 6.45) is -0.0466. The Bertz CT molecular complexity index is 813. The first-order valence-corrected chi connectivity index (χ1v) is 10.5. The smallest absolute Gasteiger partial charge is 0.145 e. The molecule has 1 N–H and O–H groups in total. The van der Waals surface area contributed by atoms with E-state index in [4.69, 9.17) is 9.57 Å². The molecule has 0 amide bonds. The van der Waals surface area contributed by atoms with Crippen molar-refractivity contribution in [3.05, 3.63) is 71.5 Å². The second-order valence-corrected chi connectivity index (χ2v) is 8.24. The Hall–Kier alpha value is -2.28. The minimum atomic E-state index is -0.631. The lowest BCUT2D eigenvalue weighted by molar-refractivity contribution is -0.00735. The molecule has 0 aromatic heterocycles. The summed E-state index contributed by atoms with van der Waals surface area (Å²) in [7, 11) is 0. The van der Waals surface area contributed by atoms with Gasteiger partial charge in [0.15, 0.2) is 0 Å². The number of nitrogens with zero attached hydrogens (tertiary/aromatic N) is 2. The van der Waals surface area contributed by atoms with Gasteiger partial charge in [-0.25, -0.2) is 4.39 Å². The molecule has 6 heteroatoms. The van der Waals surface area contributed by atoms with Crippen molar-refractivity contribution >= 4 is 5.71 Å². The monoisotopic (exact) mass is 414 g/mol. The maximum atomic E-state index is 13.6. The number of hydrogen-bond donors (Lipinski definition) is 1. The van der Waals surface area contributed by atoms with Gasteiger partial charge in [-0.05, 0) is 29.2 Å². The van der Waals surface area contributed by atoms with Gasteiger partial charge in [0.25, 0.3) is 0 Å². The van der Waals surface area contributed by atoms with Crippen LogP contribution in [-0.2, 0) is 16.1 Å². The van der Waals surface area contributed by atoms with Gasteiger partial charge in [0.2, 0.25) is 0 Å². The lowest BCUT2D eigenvalue weighted by Crippen LogP contribution is -2.39. The number of benzene rings is 2. The van der Waals surface area contributed by atoms with Crippen molar-refractivity contribution in [1.82, 2.24) is 4.90 Å². The highest BCUT2D eigenvalue weighted by Crippen LogP contribution is 2.19. The molecular weight excluding hydrogens is 383 g/mol. The van der Waals surface area contributed by atoms with Gasteiger partial charge in [-0.2, -0.15) is 0 Å². The molecule has 2 aromatic rings. The Balaban J connectivity index is 1.59. The minimum Gasteiger partial charge on any atom is -0.390 e. The molecule has 1 heterocycles. The molecule has 2 aromatic carbocycles. The third-order valence-corrected chi connectivity index (χ3v) is 4.83. The topological polar surface area (TPSA) is 54.3 Å². The third-order valence-electron chi connectivity index (χ3n) is 4.83. The van der Waals surface area contributed by atoms with Crippen LogP contribution in [0.3, 0.4) is 0 Å². The number of ether oxygens (including phenoxy) is 1. The molecule has 0 saturated heterocycles. The number of oxime groups is 1. The molecule has 5 nitrogen and oxygen atoms in total. The van der Waals surface area contributed by atoms with E-state index in [1.54, 1.807) is 6.07 Å². The summed E-state index contributed by atoms with van der Waals surface area (Å²) in [5.41, 5.74) is 2.83. The standard InChI is InChI=1S/C24H31FN2O3/c1-18(2)16-29-17-22(28)14-27(13-19-7-6-10-21(25)11-19)15-23-12-24(26-30-23)20-8-4-3-5-9-20/h3-11,18,22-23,28H,12-17H2,1-2H3/t22-,23-/m0/s1. The van der Waals surface area contributed by atoms with Crippen LogP contribution in [0.4, 0.5) is 4.39 Å². The van der Waals surface area contributed by atoms with Gasteiger partial charge in [-0.15, -0.1) is 0 Å². The quantitative estimate of drug-likeness (QED) is 0.607. The fourth-order valence-corrected chi connectivity index (χ4v) is 3.50. The van der Waals surface area contributed by atoms with E-state index in [0.717, 1.165) is 16.8 Å². The highest BCUT2D eigenvalue weighted by molar-refractivity contribution is 6.01. The van der Waals surface area contributed by atoms with Crippen molar-refractivity contribution in [1.29, 1.82) is 0 Å². The molecule has 2 atom stereocenters. The Labute approximate surface area is 178 Å². The first-order chi connectivity index (χ1) is 14.5. The average Bonchev–Trinajstić information content (AvgIpc) is 3.17. The molecule has 162 valence electrons. The maximum Gasteiger partial charge on any atom is 0.145 e. The van der Waals surface area contributed by atoms with Crippen molar-refractivity contribution in [2.24, 2.45) is 11.1 Å². The molecule has 0 aliphatic carbocycles. The minimum absolute atomic E-state index is 0.113. The van der Waals surface area contributed by atoms with Crippen LogP contribution >= 0.6 is 0 Å². The van der Waals surface area contributed by atoms with Crippen molar-refractivity contribution in [3.8, 4) is 0 Å². The van der Waals surface area contributed by atoms with E-state index >= 15 is 0 Å². The lowest BCUT2D eigenvalue weighted by atomic mass is 10.0. The molecule has 30 heavy (non-hydrogen) atoms. The highest BCUT2D eigenvalue weighted by Gasteiger charge is 2.25. The van der Waals surface area contributed by atoms with Gasteiger partial charge in [0.05, 0.1) is 18.4 Å². The number of rotatable bonds is 11. The molecule has 0 saturated carbocycles. The van der Waals surface area contributed by atoms with Crippen molar-refractivity contribution < 1.29 is 19.1 Å². The van der Waals surface area contributed by atoms with Crippen LogP contribution in [0.1, 0.15) is 31.4 Å². The second-order valence-electron chi connectivity index (χ2n) is 8.24. The predicted octanol–water partition coefficient (Wildman–Crippen LogP) is 3.85. The summed E-state index contributed by atoms with van der Waals surface area (Å²) in [5.74, 6) is 0.154. The Morgan fingerprint density at radius 3 is 2.70 bits per heavy atom. The lowest BCUT2D eigenvalue weighted by Gasteiger charge is -2.27. The van der Waals surface area contributed by atoms with Gasteiger partial charge in [0, 0.05) is 32.7 Å². The van der Waals surface area contributed by atoms with E-state index in [-0.39, 0.29) is 18.5 Å². The Morgan fingerprint density at radius 1 is 1.17 bits per heavy atom. The van der Waals surface area contributed by atoms with E-state index in [2.05, 4.69) is 23.9 Å². The summed E-state index contributed by atoms with van der Waals surface area (Å²) in [6, 6.07) is 16.5. The first kappa shape index (κ1) is 22.4. The van der Waals surface area contributed by atoms with E-state index in [1.165, 1.54) is 12.1 Å². The summed E-state index contributed by atoms with van der Waals surface area (Å²) in [5, 5.41) is 14.7. The van der Waals surface area contributed by atoms with Gasteiger partial charge in [-0.3, -0.25) is 4.90 Å². The molecule has 0 bridgehead atoms. The zero-order chi connectivity index (χ0) is 21.3. The predicted molar refractivity (Wildman–Crippen MR) is 116 cm³/mol. The number of aliphatic hydroxyl groups excluding tert-OH is 1. The first-order valence-electron chi connectivity index (χ1n) is 10.5. The molecule has 0 unspecified atom stereocenters. The zero-order valence-electron chi connectivity index (χ0n) is 17.7. The molecule has 0 radical (unpaired) electrons. The summed E-state index contributed by atoms with van der Waals surface area (Å²) in [4.78, 5) is 7.74. The maximum absolute atomic E-state index is 13.6. The number of hydrogen-bond acceptors (Lipinski definition) is 5. The Morgan fingerprint density at radius 2 is 1.97 bits per heavy atom. The summed E-state index contributed by atoms with van der Waals surface area (Å²) >= 11 is 0. The van der Waals surface area contributed by atoms with Crippen molar-refractivity contribution in [2.45, 2.75) is 39.0 Å². The number of halogens is 1. The molecule has 1 aliphatic rings. The molecule has 3 rings (SSSR count). The summed E-state index contributed by atoms with van der Waals surface area (Å²) in [6.45, 7) is 6.54. The van der Waals surface area contributed by atoms with Crippen LogP contribution in [0.5, 0.6) is 0 Å². The van der Waals surface area contributed by atoms with Crippen molar-refractivity contribution in [3.63, 3.8) is 0 Å². The van der Waals surface area contributed by atoms with Gasteiger partial charge in [-0.1, -0.05) is 61.5 Å². The van der Waals surface area contributed by atoms with Crippen LogP contribution in [0, 0.1) is 11.7 Å². The molecule has 1 aliphatic heterocycles. The molecular formula is C24H31FN2O3. The van der Waals surface area contributed by atoms with Crippen molar-refractivity contribution in [2.75, 3.05) is 26.3 Å². The second kappa shape index (κ2) is 11.2. The largest absolute Gasteiger partial charge is 0.390 e. The highest BCUT2D eigenvalue weighted by atomic mass is 19.1. The average molecular weight is 415 g/mol. The van der Waals surface area contributed by atoms with E-state index in [1.807, 2.05) is 36.4 Å². The van der Waals surface area contributed by atoms with Crippen LogP contribution in [-0.4, -0.2) is 54.2 Å². The molecule has 0 fully saturated rings. The van der Waals surface area contributed by atoms with Crippen LogP contribution in [0.15, 0.2) is 59.8 Å². The van der Waals surface area contributed by atoms with Gasteiger partial charge >= 0.3 is 0 Å². The van der Waals surface area contributed by atoms with Crippen LogP contribution < -0.4 is 0 Å². The van der Waals surface area contributed by atoms with E-state index < -0.39 is 6.10 Å². The van der Waals surface area contributed by atoms with Crippen LogP contribution in [0.25, 0.3) is 0 Å². The SMILES string of the molecule is CC(C)COC[C@@H](O)CN(Cc1cccc(F)c1)C[C@@H]1CC(c2ccccc2)=NO1. The van der Waals surface area contributed by atoms with Crippen LogP contribution in [0.2, 0.25) is 0 Å². The van der Waals surface area contributed by atoms with Gasteiger partial charge in [0.1, 0.15) is 11.9 Å². The van der Waals surface area contributed by atoms with E-state index in [9.17, 15) is 9.50 Å².